The summed E-state index contributed by atoms with van der Waals surface area (Å²) in [7, 11) is 0. The number of rotatable bonds is 3. The number of hydrogen-bond donors (Lipinski definition) is 0. The van der Waals surface area contributed by atoms with Crippen molar-refractivity contribution in [3.8, 4) is 0 Å². The van der Waals surface area contributed by atoms with E-state index in [4.69, 9.17) is 6.58 Å². The molecule has 0 aromatic heterocycles. The Hall–Kier alpha value is -0.610. The lowest BCUT2D eigenvalue weighted by Crippen LogP contribution is -1.97. The second kappa shape index (κ2) is 4.31. The van der Waals surface area contributed by atoms with Crippen molar-refractivity contribution in [2.45, 2.75) is 41.0 Å². The van der Waals surface area contributed by atoms with E-state index in [9.17, 15) is 0 Å². The van der Waals surface area contributed by atoms with Gasteiger partial charge in [-0.1, -0.05) is 13.8 Å². The van der Waals surface area contributed by atoms with E-state index < -0.39 is 0 Å². The highest BCUT2D eigenvalue weighted by Crippen LogP contribution is 2.20. The summed E-state index contributed by atoms with van der Waals surface area (Å²) in [6.45, 7) is 16.3. The van der Waals surface area contributed by atoms with Gasteiger partial charge in [-0.2, -0.15) is 0 Å². The molecule has 1 atom stereocenters. The van der Waals surface area contributed by atoms with Crippen molar-refractivity contribution in [3.63, 3.8) is 0 Å². The minimum Gasteiger partial charge on any atom is -0.0648 e. The largest absolute Gasteiger partial charge is 0.163 e. The van der Waals surface area contributed by atoms with Gasteiger partial charge < -0.3 is 0 Å². The fourth-order valence-electron chi connectivity index (χ4n) is 0.987. The van der Waals surface area contributed by atoms with Gasteiger partial charge in [-0.25, -0.2) is 0 Å². The first-order valence-corrected chi connectivity index (χ1v) is 4.27. The SMILES string of the molecule is [CH+]=C(C)/C(C)=C(\C)C(C)CC. The van der Waals surface area contributed by atoms with E-state index in [1.54, 1.807) is 0 Å². The molecule has 0 aromatic carbocycles. The van der Waals surface area contributed by atoms with Gasteiger partial charge in [0.1, 0.15) is 0 Å². The molecule has 62 valence electrons. The van der Waals surface area contributed by atoms with Crippen LogP contribution in [0.5, 0.6) is 0 Å². The molecule has 0 aliphatic carbocycles. The van der Waals surface area contributed by atoms with Gasteiger partial charge in [0.15, 0.2) is 5.57 Å². The second-order valence-corrected chi connectivity index (χ2v) is 3.30. The van der Waals surface area contributed by atoms with E-state index in [-0.39, 0.29) is 0 Å². The smallest absolute Gasteiger partial charge is 0.0648 e. The normalized spacial score (nSPS) is 15.6. The van der Waals surface area contributed by atoms with Crippen LogP contribution in [0.15, 0.2) is 16.7 Å². The van der Waals surface area contributed by atoms with Crippen LogP contribution in [-0.2, 0) is 0 Å². The van der Waals surface area contributed by atoms with E-state index >= 15 is 0 Å². The van der Waals surface area contributed by atoms with Gasteiger partial charge in [0, 0.05) is 19.4 Å². The van der Waals surface area contributed by atoms with Crippen molar-refractivity contribution in [1.29, 1.82) is 0 Å². The highest BCUT2D eigenvalue weighted by molar-refractivity contribution is 5.28. The summed E-state index contributed by atoms with van der Waals surface area (Å²) in [5, 5.41) is 0. The zero-order valence-electron chi connectivity index (χ0n) is 8.36. The molecular formula is C11H19+. The van der Waals surface area contributed by atoms with Crippen molar-refractivity contribution in [2.24, 2.45) is 5.92 Å². The molecule has 11 heavy (non-hydrogen) atoms. The van der Waals surface area contributed by atoms with Gasteiger partial charge in [0.05, 0.1) is 12.2 Å². The predicted molar refractivity (Wildman–Crippen MR) is 51.3 cm³/mol. The molecule has 0 aliphatic heterocycles. The summed E-state index contributed by atoms with van der Waals surface area (Å²) in [6, 6.07) is 0. The molecule has 1 unspecified atom stereocenters. The predicted octanol–water partition coefficient (Wildman–Crippen LogP) is 3.75. The lowest BCUT2D eigenvalue weighted by Gasteiger charge is -2.07. The molecule has 0 heteroatoms. The molecule has 0 bridgehead atoms. The Balaban J connectivity index is 4.51. The van der Waals surface area contributed by atoms with Crippen LogP contribution >= 0.6 is 0 Å². The molecule has 0 N–H and O–H groups in total. The molecular weight excluding hydrogens is 132 g/mol. The number of allylic oxidation sites excluding steroid dienone is 3. The van der Waals surface area contributed by atoms with E-state index in [0.29, 0.717) is 5.92 Å². The third-order valence-electron chi connectivity index (χ3n) is 2.53. The summed E-state index contributed by atoms with van der Waals surface area (Å²) < 4.78 is 0. The van der Waals surface area contributed by atoms with Crippen LogP contribution in [0.25, 0.3) is 0 Å². The van der Waals surface area contributed by atoms with Crippen LogP contribution in [0.1, 0.15) is 41.0 Å². The maximum atomic E-state index is 5.69. The van der Waals surface area contributed by atoms with Gasteiger partial charge in [0.2, 0.25) is 0 Å². The highest BCUT2D eigenvalue weighted by atomic mass is 14.1. The summed E-state index contributed by atoms with van der Waals surface area (Å²) in [5.74, 6) is 0.661. The quantitative estimate of drug-likeness (QED) is 0.425. The fourth-order valence-corrected chi connectivity index (χ4v) is 0.987. The van der Waals surface area contributed by atoms with Gasteiger partial charge in [-0.15, -0.1) is 0 Å². The summed E-state index contributed by atoms with van der Waals surface area (Å²) in [4.78, 5) is 0. The van der Waals surface area contributed by atoms with Crippen molar-refractivity contribution in [2.75, 3.05) is 0 Å². The molecule has 0 saturated carbocycles. The first-order chi connectivity index (χ1) is 5.00. The minimum absolute atomic E-state index is 0.661. The monoisotopic (exact) mass is 151 g/mol. The molecule has 0 aromatic rings. The second-order valence-electron chi connectivity index (χ2n) is 3.30. The molecule has 0 rings (SSSR count). The molecule has 0 heterocycles. The zero-order chi connectivity index (χ0) is 9.02. The molecule has 0 radical (unpaired) electrons. The Labute approximate surface area is 71.0 Å². The van der Waals surface area contributed by atoms with Crippen molar-refractivity contribution >= 4 is 0 Å². The van der Waals surface area contributed by atoms with E-state index in [1.807, 2.05) is 6.92 Å². The Bertz CT molecular complexity index is 172. The summed E-state index contributed by atoms with van der Waals surface area (Å²) in [6.07, 6.45) is 1.19. The van der Waals surface area contributed by atoms with Crippen molar-refractivity contribution in [3.05, 3.63) is 23.3 Å². The summed E-state index contributed by atoms with van der Waals surface area (Å²) >= 11 is 0. The van der Waals surface area contributed by atoms with Crippen LogP contribution in [-0.4, -0.2) is 0 Å². The lowest BCUT2D eigenvalue weighted by molar-refractivity contribution is 0.649. The average molecular weight is 151 g/mol. The average Bonchev–Trinajstić information content (AvgIpc) is 2.00. The van der Waals surface area contributed by atoms with Crippen LogP contribution in [0, 0.1) is 12.5 Å². The Morgan fingerprint density at radius 3 is 2.00 bits per heavy atom. The standard InChI is InChI=1S/C11H19/c1-7-9(4)11(6)10(5)8(2)3/h2,9H,7H2,1,3-6H3/q+1/b11-10+. The van der Waals surface area contributed by atoms with Crippen LogP contribution in [0.3, 0.4) is 0 Å². The zero-order valence-corrected chi connectivity index (χ0v) is 8.36. The van der Waals surface area contributed by atoms with E-state index in [0.717, 1.165) is 5.57 Å². The van der Waals surface area contributed by atoms with Gasteiger partial charge in [-0.05, 0) is 19.3 Å². The molecule has 0 nitrogen and oxygen atoms in total. The Morgan fingerprint density at radius 1 is 1.27 bits per heavy atom. The van der Waals surface area contributed by atoms with Gasteiger partial charge in [0.25, 0.3) is 0 Å². The molecule has 0 saturated heterocycles. The molecule has 0 amide bonds. The Morgan fingerprint density at radius 2 is 1.73 bits per heavy atom. The van der Waals surface area contributed by atoms with Crippen molar-refractivity contribution in [1.82, 2.24) is 0 Å². The first-order valence-electron chi connectivity index (χ1n) is 4.27. The molecule has 0 fully saturated rings. The topological polar surface area (TPSA) is 0 Å². The third-order valence-corrected chi connectivity index (χ3v) is 2.53. The van der Waals surface area contributed by atoms with Gasteiger partial charge in [-0.3, -0.25) is 0 Å². The summed E-state index contributed by atoms with van der Waals surface area (Å²) in [5.41, 5.74) is 3.63. The molecule has 0 aliphatic rings. The fraction of sp³-hybridized carbons (Fsp3) is 0.636. The van der Waals surface area contributed by atoms with Crippen LogP contribution in [0.2, 0.25) is 0 Å². The number of hydrogen-bond acceptors (Lipinski definition) is 0. The molecule has 0 spiro atoms. The lowest BCUT2D eigenvalue weighted by atomic mass is 9.93. The first kappa shape index (κ1) is 10.4. The minimum atomic E-state index is 0.661. The van der Waals surface area contributed by atoms with Crippen LogP contribution in [0.4, 0.5) is 0 Å². The third kappa shape index (κ3) is 2.86. The van der Waals surface area contributed by atoms with Crippen molar-refractivity contribution < 1.29 is 0 Å². The Kier molecular flexibility index (Phi) is 4.07. The van der Waals surface area contributed by atoms with E-state index in [2.05, 4.69) is 27.7 Å². The van der Waals surface area contributed by atoms with Gasteiger partial charge >= 0.3 is 0 Å². The highest BCUT2D eigenvalue weighted by Gasteiger charge is 2.12. The van der Waals surface area contributed by atoms with Crippen LogP contribution < -0.4 is 0 Å². The maximum Gasteiger partial charge on any atom is 0.163 e. The van der Waals surface area contributed by atoms with E-state index in [1.165, 1.54) is 17.6 Å². The maximum absolute atomic E-state index is 5.69.